The first-order valence-corrected chi connectivity index (χ1v) is 14.3. The van der Waals surface area contributed by atoms with Crippen LogP contribution in [0, 0.1) is 0 Å². The number of ether oxygens (including phenoxy) is 9. The Labute approximate surface area is 235 Å². The number of hydrogen-bond donors (Lipinski definition) is 0. The van der Waals surface area contributed by atoms with E-state index in [-0.39, 0.29) is 25.0 Å². The summed E-state index contributed by atoms with van der Waals surface area (Å²) in [5, 5.41) is 0. The molecule has 0 aliphatic rings. The van der Waals surface area contributed by atoms with Crippen LogP contribution in [0.4, 0.5) is 0 Å². The summed E-state index contributed by atoms with van der Waals surface area (Å²) >= 11 is 0. The molecule has 0 aliphatic heterocycles. The SMILES string of the molecule is CCCCCCC(=O)OCCOCCOCCOCCOCCOCCOCCOCCC(=O)OC(C)(C)C. The van der Waals surface area contributed by atoms with Gasteiger partial charge in [0.25, 0.3) is 0 Å². The number of rotatable bonds is 29. The van der Waals surface area contributed by atoms with Gasteiger partial charge in [-0.2, -0.15) is 0 Å². The summed E-state index contributed by atoms with van der Waals surface area (Å²) < 4.78 is 48.2. The van der Waals surface area contributed by atoms with Gasteiger partial charge in [0.1, 0.15) is 12.2 Å². The molecule has 232 valence electrons. The lowest BCUT2D eigenvalue weighted by molar-refractivity contribution is -0.156. The molecule has 0 saturated heterocycles. The fraction of sp³-hybridized carbons (Fsp3) is 0.929. The van der Waals surface area contributed by atoms with Crippen molar-refractivity contribution in [3.63, 3.8) is 0 Å². The largest absolute Gasteiger partial charge is 0.463 e. The summed E-state index contributed by atoms with van der Waals surface area (Å²) in [6, 6.07) is 0. The van der Waals surface area contributed by atoms with Crippen LogP contribution in [-0.4, -0.2) is 117 Å². The number of carbonyl (C=O) groups excluding carboxylic acids is 2. The second-order valence-corrected chi connectivity index (χ2v) is 9.65. The van der Waals surface area contributed by atoms with Gasteiger partial charge in [-0.25, -0.2) is 0 Å². The second-order valence-electron chi connectivity index (χ2n) is 9.65. The van der Waals surface area contributed by atoms with Crippen LogP contribution >= 0.6 is 0 Å². The van der Waals surface area contributed by atoms with Crippen molar-refractivity contribution in [3.05, 3.63) is 0 Å². The van der Waals surface area contributed by atoms with E-state index in [1.54, 1.807) is 0 Å². The molecule has 0 N–H and O–H groups in total. The van der Waals surface area contributed by atoms with Gasteiger partial charge >= 0.3 is 11.9 Å². The van der Waals surface area contributed by atoms with Crippen molar-refractivity contribution in [2.45, 2.75) is 71.8 Å². The second kappa shape index (κ2) is 28.2. The zero-order valence-electron chi connectivity index (χ0n) is 24.8. The third-order valence-electron chi connectivity index (χ3n) is 4.83. The molecule has 11 nitrogen and oxygen atoms in total. The Morgan fingerprint density at radius 2 is 0.846 bits per heavy atom. The van der Waals surface area contributed by atoms with Crippen LogP contribution in [0.1, 0.15) is 66.2 Å². The Hall–Kier alpha value is -1.34. The summed E-state index contributed by atoms with van der Waals surface area (Å²) in [6.07, 6.45) is 4.99. The quantitative estimate of drug-likeness (QED) is 0.0980. The smallest absolute Gasteiger partial charge is 0.308 e. The molecule has 0 saturated carbocycles. The van der Waals surface area contributed by atoms with Gasteiger partial charge in [-0.05, 0) is 27.2 Å². The molecule has 0 amide bonds. The average molecular weight is 567 g/mol. The maximum atomic E-state index is 11.5. The minimum absolute atomic E-state index is 0.155. The van der Waals surface area contributed by atoms with E-state index in [2.05, 4.69) is 6.92 Å². The first-order valence-electron chi connectivity index (χ1n) is 14.3. The van der Waals surface area contributed by atoms with E-state index in [0.717, 1.165) is 25.7 Å². The zero-order chi connectivity index (χ0) is 28.9. The Morgan fingerprint density at radius 1 is 0.462 bits per heavy atom. The molecule has 0 rings (SSSR count). The Balaban J connectivity index is 3.15. The summed E-state index contributed by atoms with van der Waals surface area (Å²) in [4.78, 5) is 23.0. The highest BCUT2D eigenvalue weighted by Crippen LogP contribution is 2.08. The summed E-state index contributed by atoms with van der Waals surface area (Å²) in [7, 11) is 0. The van der Waals surface area contributed by atoms with Gasteiger partial charge in [0.15, 0.2) is 0 Å². The summed E-state index contributed by atoms with van der Waals surface area (Å²) in [5.74, 6) is -0.420. The van der Waals surface area contributed by atoms with Crippen molar-refractivity contribution in [1.82, 2.24) is 0 Å². The zero-order valence-corrected chi connectivity index (χ0v) is 24.8. The van der Waals surface area contributed by atoms with Gasteiger partial charge in [0.05, 0.1) is 98.9 Å². The van der Waals surface area contributed by atoms with E-state index < -0.39 is 5.60 Å². The topological polar surface area (TPSA) is 117 Å². The van der Waals surface area contributed by atoms with Crippen LogP contribution < -0.4 is 0 Å². The highest BCUT2D eigenvalue weighted by atomic mass is 16.6. The average Bonchev–Trinajstić information content (AvgIpc) is 2.88. The van der Waals surface area contributed by atoms with E-state index in [1.165, 1.54) is 0 Å². The van der Waals surface area contributed by atoms with Crippen molar-refractivity contribution < 1.29 is 52.2 Å². The highest BCUT2D eigenvalue weighted by molar-refractivity contribution is 5.70. The summed E-state index contributed by atoms with van der Waals surface area (Å²) in [5.41, 5.74) is -0.472. The minimum Gasteiger partial charge on any atom is -0.463 e. The standard InChI is InChI=1S/C28H54O11/c1-5-6-7-8-9-26(29)38-25-24-37-23-22-36-21-20-35-19-18-34-17-16-33-15-14-32-13-12-31-11-10-27(30)39-28(2,3)4/h5-25H2,1-4H3. The summed E-state index contributed by atoms with van der Waals surface area (Å²) in [6.45, 7) is 14.3. The van der Waals surface area contributed by atoms with Gasteiger partial charge in [-0.3, -0.25) is 9.59 Å². The number of hydrogen-bond acceptors (Lipinski definition) is 11. The molecule has 0 heterocycles. The van der Waals surface area contributed by atoms with Gasteiger partial charge in [-0.1, -0.05) is 26.2 Å². The molecule has 0 aliphatic carbocycles. The molecular formula is C28H54O11. The van der Waals surface area contributed by atoms with E-state index in [9.17, 15) is 9.59 Å². The minimum atomic E-state index is -0.472. The molecule has 11 heteroatoms. The maximum absolute atomic E-state index is 11.5. The molecule has 0 spiro atoms. The number of esters is 2. The third kappa shape index (κ3) is 32.8. The maximum Gasteiger partial charge on any atom is 0.308 e. The van der Waals surface area contributed by atoms with Crippen LogP contribution in [0.3, 0.4) is 0 Å². The van der Waals surface area contributed by atoms with Crippen molar-refractivity contribution in [2.75, 3.05) is 99.1 Å². The van der Waals surface area contributed by atoms with Gasteiger partial charge in [0.2, 0.25) is 0 Å². The monoisotopic (exact) mass is 566 g/mol. The predicted molar refractivity (Wildman–Crippen MR) is 146 cm³/mol. The lowest BCUT2D eigenvalue weighted by Crippen LogP contribution is -2.24. The molecular weight excluding hydrogens is 512 g/mol. The Kier molecular flexibility index (Phi) is 27.2. The molecule has 39 heavy (non-hydrogen) atoms. The van der Waals surface area contributed by atoms with Crippen LogP contribution in [0.5, 0.6) is 0 Å². The fourth-order valence-electron chi connectivity index (χ4n) is 2.95. The van der Waals surface area contributed by atoms with Crippen LogP contribution in [0.25, 0.3) is 0 Å². The van der Waals surface area contributed by atoms with E-state index in [0.29, 0.717) is 98.9 Å². The molecule has 0 aromatic carbocycles. The molecule has 0 aromatic rings. The lowest BCUT2D eigenvalue weighted by Gasteiger charge is -2.19. The van der Waals surface area contributed by atoms with E-state index >= 15 is 0 Å². The normalized spacial score (nSPS) is 11.6. The van der Waals surface area contributed by atoms with Gasteiger partial charge in [0, 0.05) is 6.42 Å². The number of unbranched alkanes of at least 4 members (excludes halogenated alkanes) is 3. The lowest BCUT2D eigenvalue weighted by atomic mass is 10.2. The van der Waals surface area contributed by atoms with Gasteiger partial charge < -0.3 is 42.6 Å². The fourth-order valence-corrected chi connectivity index (χ4v) is 2.95. The van der Waals surface area contributed by atoms with Gasteiger partial charge in [-0.15, -0.1) is 0 Å². The van der Waals surface area contributed by atoms with E-state index in [4.69, 9.17) is 42.6 Å². The molecule has 0 fully saturated rings. The van der Waals surface area contributed by atoms with Crippen LogP contribution in [0.15, 0.2) is 0 Å². The highest BCUT2D eigenvalue weighted by Gasteiger charge is 2.15. The Morgan fingerprint density at radius 3 is 1.23 bits per heavy atom. The van der Waals surface area contributed by atoms with Crippen molar-refractivity contribution in [1.29, 1.82) is 0 Å². The van der Waals surface area contributed by atoms with Crippen molar-refractivity contribution in [2.24, 2.45) is 0 Å². The third-order valence-corrected chi connectivity index (χ3v) is 4.83. The van der Waals surface area contributed by atoms with E-state index in [1.807, 2.05) is 20.8 Å². The number of carbonyl (C=O) groups is 2. The molecule has 0 bridgehead atoms. The first-order chi connectivity index (χ1) is 18.8. The Bertz CT molecular complexity index is 552. The van der Waals surface area contributed by atoms with Crippen LogP contribution in [0.2, 0.25) is 0 Å². The van der Waals surface area contributed by atoms with Crippen molar-refractivity contribution >= 4 is 11.9 Å². The van der Waals surface area contributed by atoms with Crippen LogP contribution in [-0.2, 0) is 52.2 Å². The molecule has 0 aromatic heterocycles. The first kappa shape index (κ1) is 37.7. The molecule has 0 radical (unpaired) electrons. The molecule has 0 atom stereocenters. The van der Waals surface area contributed by atoms with Crippen molar-refractivity contribution in [3.8, 4) is 0 Å². The molecule has 0 unspecified atom stereocenters. The predicted octanol–water partition coefficient (Wildman–Crippen LogP) is 3.35.